The molecule has 5 heteroatoms. The Morgan fingerprint density at radius 1 is 0.889 bits per heavy atom. The van der Waals surface area contributed by atoms with E-state index in [1.54, 1.807) is 12.1 Å². The topological polar surface area (TPSA) is 55.4 Å². The lowest BCUT2D eigenvalue weighted by molar-refractivity contribution is -0.147. The number of carbonyl (C=O) groups is 2. The standard InChI is InChI=1S/C22H20FNO3/c23-20-9-6-16(7-10-20)11-12-24-21(25)15-27-22(26)14-17-5-8-18-3-1-2-4-19(18)13-17/h1-10,13H,11-12,14-15H2,(H,24,25). The van der Waals surface area contributed by atoms with E-state index in [2.05, 4.69) is 5.32 Å². The van der Waals surface area contributed by atoms with Crippen LogP contribution in [0.5, 0.6) is 0 Å². The third kappa shape index (κ3) is 5.64. The van der Waals surface area contributed by atoms with Crippen molar-refractivity contribution in [2.45, 2.75) is 12.8 Å². The molecule has 0 spiro atoms. The van der Waals surface area contributed by atoms with E-state index in [1.165, 1.54) is 12.1 Å². The van der Waals surface area contributed by atoms with Gasteiger partial charge in [0, 0.05) is 6.54 Å². The van der Waals surface area contributed by atoms with E-state index < -0.39 is 5.97 Å². The van der Waals surface area contributed by atoms with Gasteiger partial charge < -0.3 is 10.1 Å². The fourth-order valence-corrected chi connectivity index (χ4v) is 2.76. The van der Waals surface area contributed by atoms with Gasteiger partial charge in [-0.15, -0.1) is 0 Å². The van der Waals surface area contributed by atoms with Crippen molar-refractivity contribution < 1.29 is 18.7 Å². The predicted octanol–water partition coefficient (Wildman–Crippen LogP) is 3.42. The van der Waals surface area contributed by atoms with Crippen LogP contribution in [-0.4, -0.2) is 25.0 Å². The molecule has 3 rings (SSSR count). The van der Waals surface area contributed by atoms with Crippen molar-refractivity contribution in [3.8, 4) is 0 Å². The van der Waals surface area contributed by atoms with Crippen LogP contribution < -0.4 is 5.32 Å². The Kier molecular flexibility index (Phi) is 6.15. The average Bonchev–Trinajstić information content (AvgIpc) is 2.68. The Hall–Kier alpha value is -3.21. The number of carbonyl (C=O) groups excluding carboxylic acids is 2. The number of rotatable bonds is 7. The first-order chi connectivity index (χ1) is 13.1. The maximum Gasteiger partial charge on any atom is 0.310 e. The SMILES string of the molecule is O=C(COC(=O)Cc1ccc2ccccc2c1)NCCc1ccc(F)cc1. The van der Waals surface area contributed by atoms with Crippen molar-refractivity contribution in [3.63, 3.8) is 0 Å². The summed E-state index contributed by atoms with van der Waals surface area (Å²) in [5, 5.41) is 4.84. The first-order valence-electron chi connectivity index (χ1n) is 8.74. The second-order valence-electron chi connectivity index (χ2n) is 6.25. The van der Waals surface area contributed by atoms with Crippen molar-refractivity contribution in [2.75, 3.05) is 13.2 Å². The lowest BCUT2D eigenvalue weighted by Gasteiger charge is -2.07. The van der Waals surface area contributed by atoms with Crippen LogP contribution in [0.25, 0.3) is 10.8 Å². The molecule has 3 aromatic carbocycles. The molecule has 0 heterocycles. The maximum atomic E-state index is 12.8. The highest BCUT2D eigenvalue weighted by Crippen LogP contribution is 2.16. The van der Waals surface area contributed by atoms with Gasteiger partial charge in [0.1, 0.15) is 5.82 Å². The van der Waals surface area contributed by atoms with Crippen molar-refractivity contribution in [2.24, 2.45) is 0 Å². The Morgan fingerprint density at radius 2 is 1.59 bits per heavy atom. The van der Waals surface area contributed by atoms with Gasteiger partial charge in [0.25, 0.3) is 5.91 Å². The van der Waals surface area contributed by atoms with Gasteiger partial charge in [0.05, 0.1) is 6.42 Å². The smallest absolute Gasteiger partial charge is 0.310 e. The Labute approximate surface area is 157 Å². The molecule has 0 atom stereocenters. The first kappa shape index (κ1) is 18.6. The predicted molar refractivity (Wildman–Crippen MR) is 102 cm³/mol. The molecule has 0 aliphatic heterocycles. The van der Waals surface area contributed by atoms with Crippen LogP contribution in [0.2, 0.25) is 0 Å². The molecule has 1 amide bonds. The van der Waals surface area contributed by atoms with Gasteiger partial charge in [-0.1, -0.05) is 54.6 Å². The maximum absolute atomic E-state index is 12.8. The highest BCUT2D eigenvalue weighted by molar-refractivity contribution is 5.85. The first-order valence-corrected chi connectivity index (χ1v) is 8.74. The number of hydrogen-bond acceptors (Lipinski definition) is 3. The van der Waals surface area contributed by atoms with Crippen LogP contribution in [0.3, 0.4) is 0 Å². The number of nitrogens with one attached hydrogen (secondary N) is 1. The van der Waals surface area contributed by atoms with Crippen molar-refractivity contribution in [1.82, 2.24) is 5.32 Å². The molecule has 0 aromatic heterocycles. The van der Waals surface area contributed by atoms with E-state index in [4.69, 9.17) is 4.74 Å². The number of ether oxygens (including phenoxy) is 1. The second-order valence-corrected chi connectivity index (χ2v) is 6.25. The minimum Gasteiger partial charge on any atom is -0.455 e. The number of halogens is 1. The summed E-state index contributed by atoms with van der Waals surface area (Å²) in [4.78, 5) is 23.7. The molecule has 0 bridgehead atoms. The Morgan fingerprint density at radius 3 is 2.37 bits per heavy atom. The number of benzene rings is 3. The lowest BCUT2D eigenvalue weighted by atomic mass is 10.1. The molecule has 138 valence electrons. The molecule has 0 fully saturated rings. The molecule has 1 N–H and O–H groups in total. The summed E-state index contributed by atoms with van der Waals surface area (Å²) in [6.07, 6.45) is 0.699. The third-order valence-corrected chi connectivity index (χ3v) is 4.18. The van der Waals surface area contributed by atoms with E-state index in [-0.39, 0.29) is 24.8 Å². The number of esters is 1. The van der Waals surface area contributed by atoms with Crippen LogP contribution in [0.15, 0.2) is 66.7 Å². The van der Waals surface area contributed by atoms with Crippen molar-refractivity contribution >= 4 is 22.6 Å². The summed E-state index contributed by atoms with van der Waals surface area (Å²) in [6, 6.07) is 19.8. The van der Waals surface area contributed by atoms with Crippen LogP contribution in [0, 0.1) is 5.82 Å². The van der Waals surface area contributed by atoms with E-state index in [0.717, 1.165) is 21.9 Å². The van der Waals surface area contributed by atoms with Crippen LogP contribution in [0.4, 0.5) is 4.39 Å². The van der Waals surface area contributed by atoms with E-state index in [0.29, 0.717) is 13.0 Å². The summed E-state index contributed by atoms with van der Waals surface area (Å²) in [7, 11) is 0. The quantitative estimate of drug-likeness (QED) is 0.653. The molecular formula is C22H20FNO3. The summed E-state index contributed by atoms with van der Waals surface area (Å²) in [5.41, 5.74) is 1.76. The van der Waals surface area contributed by atoms with Crippen molar-refractivity contribution in [3.05, 3.63) is 83.7 Å². The fraction of sp³-hybridized carbons (Fsp3) is 0.182. The van der Waals surface area contributed by atoms with Gasteiger partial charge in [-0.25, -0.2) is 4.39 Å². The van der Waals surface area contributed by atoms with Gasteiger partial charge in [0.15, 0.2) is 6.61 Å². The third-order valence-electron chi connectivity index (χ3n) is 4.18. The van der Waals surface area contributed by atoms with Gasteiger partial charge in [-0.2, -0.15) is 0 Å². The molecule has 0 saturated carbocycles. The average molecular weight is 365 g/mol. The zero-order valence-corrected chi connectivity index (χ0v) is 14.8. The van der Waals surface area contributed by atoms with Crippen molar-refractivity contribution in [1.29, 1.82) is 0 Å². The normalized spacial score (nSPS) is 10.6. The van der Waals surface area contributed by atoms with Crippen LogP contribution >= 0.6 is 0 Å². The highest BCUT2D eigenvalue weighted by Gasteiger charge is 2.09. The minimum absolute atomic E-state index is 0.119. The zero-order valence-electron chi connectivity index (χ0n) is 14.8. The van der Waals surface area contributed by atoms with E-state index in [1.807, 2.05) is 42.5 Å². The Bertz CT molecular complexity index is 938. The molecule has 0 saturated heterocycles. The summed E-state index contributed by atoms with van der Waals surface area (Å²) in [5.74, 6) is -1.09. The summed E-state index contributed by atoms with van der Waals surface area (Å²) >= 11 is 0. The molecular weight excluding hydrogens is 345 g/mol. The van der Waals surface area contributed by atoms with Gasteiger partial charge in [-0.3, -0.25) is 9.59 Å². The largest absolute Gasteiger partial charge is 0.455 e. The van der Waals surface area contributed by atoms with E-state index in [9.17, 15) is 14.0 Å². The van der Waals surface area contributed by atoms with Crippen LogP contribution in [-0.2, 0) is 27.2 Å². The molecule has 0 aliphatic rings. The molecule has 4 nitrogen and oxygen atoms in total. The monoisotopic (exact) mass is 365 g/mol. The van der Waals surface area contributed by atoms with Crippen LogP contribution in [0.1, 0.15) is 11.1 Å². The minimum atomic E-state index is -0.445. The summed E-state index contributed by atoms with van der Waals surface area (Å²) in [6.45, 7) is 0.0858. The number of fused-ring (bicyclic) bond motifs is 1. The zero-order chi connectivity index (χ0) is 19.1. The molecule has 0 radical (unpaired) electrons. The number of amides is 1. The second kappa shape index (κ2) is 8.94. The molecule has 27 heavy (non-hydrogen) atoms. The molecule has 0 unspecified atom stereocenters. The lowest BCUT2D eigenvalue weighted by Crippen LogP contribution is -2.30. The fourth-order valence-electron chi connectivity index (χ4n) is 2.76. The van der Waals surface area contributed by atoms with Gasteiger partial charge in [-0.05, 0) is 40.5 Å². The highest BCUT2D eigenvalue weighted by atomic mass is 19.1. The number of hydrogen-bond donors (Lipinski definition) is 1. The Balaban J connectivity index is 1.40. The summed E-state index contributed by atoms with van der Waals surface area (Å²) < 4.78 is 17.9. The molecule has 0 aliphatic carbocycles. The van der Waals surface area contributed by atoms with Gasteiger partial charge >= 0.3 is 5.97 Å². The van der Waals surface area contributed by atoms with Gasteiger partial charge in [0.2, 0.25) is 0 Å². The molecule has 3 aromatic rings. The van der Waals surface area contributed by atoms with E-state index >= 15 is 0 Å².